The summed E-state index contributed by atoms with van der Waals surface area (Å²) in [6, 6.07) is 3.05. The maximum Gasteiger partial charge on any atom is 0.373 e. The van der Waals surface area contributed by atoms with E-state index >= 15 is 0 Å². The second kappa shape index (κ2) is 4.06. The smallest absolute Gasteiger partial charge is 0.373 e. The van der Waals surface area contributed by atoms with Crippen molar-refractivity contribution >= 4 is 5.97 Å². The Kier molecular flexibility index (Phi) is 3.19. The van der Waals surface area contributed by atoms with Crippen LogP contribution in [0.2, 0.25) is 0 Å². The number of hydrogen-bond donors (Lipinski definition) is 1. The van der Waals surface area contributed by atoms with Gasteiger partial charge in [-0.1, -0.05) is 20.8 Å². The van der Waals surface area contributed by atoms with Gasteiger partial charge in [0, 0.05) is 0 Å². The molecule has 1 aromatic heterocycles. The average Bonchev–Trinajstić information content (AvgIpc) is 2.62. The first kappa shape index (κ1) is 11.8. The first-order valence-electron chi connectivity index (χ1n) is 4.80. The van der Waals surface area contributed by atoms with Crippen LogP contribution in [0.3, 0.4) is 0 Å². The number of rotatable bonds is 2. The molecule has 84 valence electrons. The maximum absolute atomic E-state index is 11.1. The van der Waals surface area contributed by atoms with Gasteiger partial charge in [0.1, 0.15) is 5.76 Å². The summed E-state index contributed by atoms with van der Waals surface area (Å²) in [4.78, 5) is 11.1. The molecule has 1 heterocycles. The van der Waals surface area contributed by atoms with Crippen molar-refractivity contribution in [2.75, 3.05) is 7.11 Å². The Morgan fingerprint density at radius 3 is 2.53 bits per heavy atom. The molecule has 0 aliphatic rings. The predicted octanol–water partition coefficient (Wildman–Crippen LogP) is 2.11. The number of carbonyl (C=O) groups excluding carboxylic acids is 1. The summed E-state index contributed by atoms with van der Waals surface area (Å²) < 4.78 is 9.87. The number of hydrogen-bond acceptors (Lipinski definition) is 4. The molecular weight excluding hydrogens is 194 g/mol. The average molecular weight is 211 g/mol. The van der Waals surface area contributed by atoms with E-state index in [0.717, 1.165) is 0 Å². The van der Waals surface area contributed by atoms with Gasteiger partial charge < -0.3 is 14.9 Å². The van der Waals surface area contributed by atoms with Gasteiger partial charge in [0.05, 0.1) is 13.2 Å². The van der Waals surface area contributed by atoms with Crippen molar-refractivity contribution in [3.05, 3.63) is 23.7 Å². The van der Waals surface area contributed by atoms with Crippen molar-refractivity contribution in [3.63, 3.8) is 0 Å². The molecule has 0 fully saturated rings. The molecule has 0 saturated heterocycles. The second-order valence-corrected chi connectivity index (χ2v) is 4.54. The van der Waals surface area contributed by atoms with E-state index in [0.29, 0.717) is 5.76 Å². The Morgan fingerprint density at radius 1 is 1.47 bits per heavy atom. The fourth-order valence-electron chi connectivity index (χ4n) is 1.16. The van der Waals surface area contributed by atoms with Crippen LogP contribution in [0.5, 0.6) is 0 Å². The van der Waals surface area contributed by atoms with Crippen LogP contribution in [0.4, 0.5) is 0 Å². The fraction of sp³-hybridized carbons (Fsp3) is 0.545. The fourth-order valence-corrected chi connectivity index (χ4v) is 1.16. The molecule has 0 spiro atoms. The Morgan fingerprint density at radius 2 is 2.07 bits per heavy atom. The van der Waals surface area contributed by atoms with E-state index in [9.17, 15) is 4.79 Å². The molecule has 0 saturated carbocycles. The Balaban J connectivity index is 2.89. The highest BCUT2D eigenvalue weighted by atomic mass is 16.5. The number of carbonyl (C=O) groups is 1. The lowest BCUT2D eigenvalue weighted by molar-refractivity contribution is 0.0560. The summed E-state index contributed by atoms with van der Waals surface area (Å²) in [5, 5.41) is 0. The van der Waals surface area contributed by atoms with Crippen LogP contribution in [0.1, 0.15) is 43.1 Å². The summed E-state index contributed by atoms with van der Waals surface area (Å²) in [7, 11) is 1.31. The minimum absolute atomic E-state index is 0.106. The van der Waals surface area contributed by atoms with Crippen LogP contribution < -0.4 is 5.73 Å². The van der Waals surface area contributed by atoms with Gasteiger partial charge in [-0.15, -0.1) is 0 Å². The third kappa shape index (κ3) is 2.59. The highest BCUT2D eigenvalue weighted by molar-refractivity contribution is 5.86. The number of furan rings is 1. The third-order valence-electron chi connectivity index (χ3n) is 2.25. The van der Waals surface area contributed by atoms with Crippen molar-refractivity contribution < 1.29 is 13.9 Å². The standard InChI is InChI=1S/C11H17NO3/c1-11(2,3)9(12)7-5-6-8(15-7)10(13)14-4/h5-6,9H,12H2,1-4H3. The monoisotopic (exact) mass is 211 g/mol. The van der Waals surface area contributed by atoms with E-state index in [-0.39, 0.29) is 17.2 Å². The Labute approximate surface area is 89.4 Å². The molecule has 4 heteroatoms. The SMILES string of the molecule is COC(=O)c1ccc(C(N)C(C)(C)C)o1. The number of nitrogens with two attached hydrogens (primary N) is 1. The Hall–Kier alpha value is -1.29. The van der Waals surface area contributed by atoms with Crippen molar-refractivity contribution in [3.8, 4) is 0 Å². The zero-order chi connectivity index (χ0) is 11.6. The summed E-state index contributed by atoms with van der Waals surface area (Å²) >= 11 is 0. The summed E-state index contributed by atoms with van der Waals surface area (Å²) in [5.74, 6) is 0.303. The Bertz CT molecular complexity index is 349. The number of methoxy groups -OCH3 is 1. The van der Waals surface area contributed by atoms with Gasteiger partial charge >= 0.3 is 5.97 Å². The summed E-state index contributed by atoms with van der Waals surface area (Å²) in [5.41, 5.74) is 5.88. The molecule has 0 amide bonds. The molecule has 0 aliphatic heterocycles. The molecule has 1 atom stereocenters. The topological polar surface area (TPSA) is 65.5 Å². The molecule has 2 N–H and O–H groups in total. The number of ether oxygens (including phenoxy) is 1. The van der Waals surface area contributed by atoms with Gasteiger partial charge in [-0.05, 0) is 17.5 Å². The van der Waals surface area contributed by atoms with Crippen molar-refractivity contribution in [1.82, 2.24) is 0 Å². The van der Waals surface area contributed by atoms with Crippen LogP contribution in [0, 0.1) is 5.41 Å². The van der Waals surface area contributed by atoms with Crippen LogP contribution in [-0.2, 0) is 4.74 Å². The van der Waals surface area contributed by atoms with Crippen LogP contribution in [0.25, 0.3) is 0 Å². The van der Waals surface area contributed by atoms with E-state index < -0.39 is 5.97 Å². The molecule has 1 unspecified atom stereocenters. The zero-order valence-electron chi connectivity index (χ0n) is 9.53. The highest BCUT2D eigenvalue weighted by Gasteiger charge is 2.26. The van der Waals surface area contributed by atoms with Gasteiger partial charge in [0.25, 0.3) is 0 Å². The zero-order valence-corrected chi connectivity index (χ0v) is 9.53. The lowest BCUT2D eigenvalue weighted by atomic mass is 9.86. The molecule has 0 aromatic carbocycles. The summed E-state index contributed by atoms with van der Waals surface area (Å²) in [6.45, 7) is 6.04. The minimum Gasteiger partial charge on any atom is -0.463 e. The van der Waals surface area contributed by atoms with Gasteiger partial charge in [0.15, 0.2) is 0 Å². The van der Waals surface area contributed by atoms with Gasteiger partial charge in [-0.25, -0.2) is 4.79 Å². The minimum atomic E-state index is -0.484. The van der Waals surface area contributed by atoms with Crippen LogP contribution >= 0.6 is 0 Å². The predicted molar refractivity (Wildman–Crippen MR) is 56.4 cm³/mol. The van der Waals surface area contributed by atoms with Crippen molar-refractivity contribution in [2.45, 2.75) is 26.8 Å². The first-order valence-corrected chi connectivity index (χ1v) is 4.80. The highest BCUT2D eigenvalue weighted by Crippen LogP contribution is 2.31. The molecule has 4 nitrogen and oxygen atoms in total. The van der Waals surface area contributed by atoms with Gasteiger partial charge in [-0.3, -0.25) is 0 Å². The lowest BCUT2D eigenvalue weighted by Gasteiger charge is -2.24. The lowest BCUT2D eigenvalue weighted by Crippen LogP contribution is -2.25. The molecule has 0 radical (unpaired) electrons. The van der Waals surface area contributed by atoms with Crippen LogP contribution in [-0.4, -0.2) is 13.1 Å². The quantitative estimate of drug-likeness (QED) is 0.761. The normalized spacial score (nSPS) is 13.7. The van der Waals surface area contributed by atoms with Crippen molar-refractivity contribution in [2.24, 2.45) is 11.1 Å². The van der Waals surface area contributed by atoms with Gasteiger partial charge in [-0.2, -0.15) is 0 Å². The largest absolute Gasteiger partial charge is 0.463 e. The molecular formula is C11H17NO3. The van der Waals surface area contributed by atoms with E-state index in [2.05, 4.69) is 4.74 Å². The van der Waals surface area contributed by atoms with E-state index in [4.69, 9.17) is 10.2 Å². The van der Waals surface area contributed by atoms with Crippen molar-refractivity contribution in [1.29, 1.82) is 0 Å². The van der Waals surface area contributed by atoms with Gasteiger partial charge in [0.2, 0.25) is 5.76 Å². The van der Waals surface area contributed by atoms with E-state index in [1.165, 1.54) is 7.11 Å². The molecule has 1 aromatic rings. The third-order valence-corrected chi connectivity index (χ3v) is 2.25. The number of esters is 1. The van der Waals surface area contributed by atoms with Crippen LogP contribution in [0.15, 0.2) is 16.5 Å². The van der Waals surface area contributed by atoms with E-state index in [1.807, 2.05) is 20.8 Å². The van der Waals surface area contributed by atoms with E-state index in [1.54, 1.807) is 12.1 Å². The second-order valence-electron chi connectivity index (χ2n) is 4.54. The molecule has 0 bridgehead atoms. The first-order chi connectivity index (χ1) is 6.86. The molecule has 1 rings (SSSR count). The molecule has 15 heavy (non-hydrogen) atoms. The maximum atomic E-state index is 11.1. The molecule has 0 aliphatic carbocycles. The summed E-state index contributed by atoms with van der Waals surface area (Å²) in [6.07, 6.45) is 0.